The van der Waals surface area contributed by atoms with Gasteiger partial charge in [0.25, 0.3) is 0 Å². The standard InChI is InChI=1S/C14H13ClN2OS/c1-9-2-5-11(6-3-9)16-14(19)17-12-8-10(15)4-7-13(12)18/h2-8,18H,1H3,(H2,16,17,19). The fourth-order valence-electron chi connectivity index (χ4n) is 1.53. The van der Waals surface area contributed by atoms with Crippen LogP contribution in [0.4, 0.5) is 11.4 Å². The summed E-state index contributed by atoms with van der Waals surface area (Å²) in [7, 11) is 0. The third kappa shape index (κ3) is 3.84. The Hall–Kier alpha value is -1.78. The molecule has 2 aromatic carbocycles. The van der Waals surface area contributed by atoms with Crippen molar-refractivity contribution in [1.29, 1.82) is 0 Å². The van der Waals surface area contributed by atoms with Gasteiger partial charge in [-0.2, -0.15) is 0 Å². The highest BCUT2D eigenvalue weighted by Crippen LogP contribution is 2.26. The van der Waals surface area contributed by atoms with Gasteiger partial charge in [0.15, 0.2) is 5.11 Å². The summed E-state index contributed by atoms with van der Waals surface area (Å²) in [6.45, 7) is 2.02. The molecule has 2 rings (SSSR count). The molecule has 0 bridgehead atoms. The predicted molar refractivity (Wildman–Crippen MR) is 84.1 cm³/mol. The van der Waals surface area contributed by atoms with Crippen molar-refractivity contribution in [1.82, 2.24) is 0 Å². The number of phenolic OH excluding ortho intramolecular Hbond substituents is 1. The number of thiocarbonyl (C=S) groups is 1. The molecule has 0 unspecified atom stereocenters. The predicted octanol–water partition coefficient (Wildman–Crippen LogP) is 4.16. The molecule has 0 spiro atoms. The molecular formula is C14H13ClN2OS. The molecule has 0 aliphatic heterocycles. The van der Waals surface area contributed by atoms with Crippen LogP contribution in [0.5, 0.6) is 5.75 Å². The van der Waals surface area contributed by atoms with Gasteiger partial charge < -0.3 is 15.7 Å². The number of rotatable bonds is 2. The van der Waals surface area contributed by atoms with Crippen LogP contribution in [0.3, 0.4) is 0 Å². The molecule has 0 aromatic heterocycles. The van der Waals surface area contributed by atoms with E-state index < -0.39 is 0 Å². The van der Waals surface area contributed by atoms with Gasteiger partial charge in [-0.1, -0.05) is 29.3 Å². The summed E-state index contributed by atoms with van der Waals surface area (Å²) < 4.78 is 0. The number of aryl methyl sites for hydroxylation is 1. The summed E-state index contributed by atoms with van der Waals surface area (Å²) in [6.07, 6.45) is 0. The zero-order chi connectivity index (χ0) is 13.8. The van der Waals surface area contributed by atoms with Gasteiger partial charge in [-0.3, -0.25) is 0 Å². The van der Waals surface area contributed by atoms with Crippen molar-refractivity contribution in [3.8, 4) is 5.75 Å². The lowest BCUT2D eigenvalue weighted by Crippen LogP contribution is -2.19. The minimum absolute atomic E-state index is 0.0949. The van der Waals surface area contributed by atoms with Gasteiger partial charge in [-0.15, -0.1) is 0 Å². The zero-order valence-corrected chi connectivity index (χ0v) is 11.8. The topological polar surface area (TPSA) is 44.3 Å². The number of nitrogens with one attached hydrogen (secondary N) is 2. The Labute approximate surface area is 122 Å². The molecule has 0 heterocycles. The van der Waals surface area contributed by atoms with Crippen LogP contribution in [0.2, 0.25) is 5.02 Å². The van der Waals surface area contributed by atoms with Crippen LogP contribution in [-0.2, 0) is 0 Å². The summed E-state index contributed by atoms with van der Waals surface area (Å²) in [5.41, 5.74) is 2.53. The molecule has 0 saturated heterocycles. The lowest BCUT2D eigenvalue weighted by atomic mass is 10.2. The van der Waals surface area contributed by atoms with Crippen molar-refractivity contribution in [2.24, 2.45) is 0 Å². The van der Waals surface area contributed by atoms with E-state index in [0.29, 0.717) is 15.8 Å². The van der Waals surface area contributed by atoms with Crippen LogP contribution in [0, 0.1) is 6.92 Å². The Morgan fingerprint density at radius 3 is 2.47 bits per heavy atom. The second-order valence-electron chi connectivity index (χ2n) is 4.11. The average Bonchev–Trinajstić information content (AvgIpc) is 2.37. The number of benzene rings is 2. The van der Waals surface area contributed by atoms with Gasteiger partial charge in [-0.25, -0.2) is 0 Å². The van der Waals surface area contributed by atoms with Crippen LogP contribution in [0.1, 0.15) is 5.56 Å². The summed E-state index contributed by atoms with van der Waals surface area (Å²) in [6, 6.07) is 12.6. The monoisotopic (exact) mass is 292 g/mol. The molecule has 0 aliphatic rings. The van der Waals surface area contributed by atoms with Crippen molar-refractivity contribution < 1.29 is 5.11 Å². The van der Waals surface area contributed by atoms with E-state index in [1.165, 1.54) is 11.6 Å². The number of hydrogen-bond acceptors (Lipinski definition) is 2. The van der Waals surface area contributed by atoms with E-state index in [0.717, 1.165) is 5.69 Å². The van der Waals surface area contributed by atoms with E-state index in [4.69, 9.17) is 23.8 Å². The molecule has 0 atom stereocenters. The van der Waals surface area contributed by atoms with E-state index >= 15 is 0 Å². The van der Waals surface area contributed by atoms with Gasteiger partial charge in [0.05, 0.1) is 5.69 Å². The second-order valence-corrected chi connectivity index (χ2v) is 4.95. The summed E-state index contributed by atoms with van der Waals surface area (Å²) in [5, 5.41) is 16.5. The average molecular weight is 293 g/mol. The van der Waals surface area contributed by atoms with Gasteiger partial charge in [-0.05, 0) is 49.5 Å². The van der Waals surface area contributed by atoms with E-state index in [-0.39, 0.29) is 5.75 Å². The molecule has 0 fully saturated rings. The molecule has 19 heavy (non-hydrogen) atoms. The fourth-order valence-corrected chi connectivity index (χ4v) is 1.93. The first kappa shape index (κ1) is 13.6. The lowest BCUT2D eigenvalue weighted by molar-refractivity contribution is 0.478. The van der Waals surface area contributed by atoms with E-state index in [9.17, 15) is 5.11 Å². The van der Waals surface area contributed by atoms with Gasteiger partial charge >= 0.3 is 0 Å². The first-order valence-corrected chi connectivity index (χ1v) is 6.46. The lowest BCUT2D eigenvalue weighted by Gasteiger charge is -2.12. The van der Waals surface area contributed by atoms with Crippen LogP contribution < -0.4 is 10.6 Å². The van der Waals surface area contributed by atoms with Crippen molar-refractivity contribution in [2.45, 2.75) is 6.92 Å². The smallest absolute Gasteiger partial charge is 0.175 e. The second kappa shape index (κ2) is 5.91. The van der Waals surface area contributed by atoms with Gasteiger partial charge in [0, 0.05) is 10.7 Å². The van der Waals surface area contributed by atoms with Crippen molar-refractivity contribution >= 4 is 40.3 Å². The molecule has 3 nitrogen and oxygen atoms in total. The summed E-state index contributed by atoms with van der Waals surface area (Å²) in [4.78, 5) is 0. The van der Waals surface area contributed by atoms with Crippen molar-refractivity contribution in [3.63, 3.8) is 0 Å². The maximum Gasteiger partial charge on any atom is 0.175 e. The molecule has 0 amide bonds. The third-order valence-corrected chi connectivity index (χ3v) is 2.96. The van der Waals surface area contributed by atoms with Crippen LogP contribution in [0.25, 0.3) is 0 Å². The Bertz CT molecular complexity index is 599. The number of anilines is 2. The minimum atomic E-state index is 0.0949. The van der Waals surface area contributed by atoms with E-state index in [2.05, 4.69) is 10.6 Å². The molecule has 3 N–H and O–H groups in total. The molecule has 0 saturated carbocycles. The molecule has 0 radical (unpaired) electrons. The van der Waals surface area contributed by atoms with Crippen LogP contribution in [0.15, 0.2) is 42.5 Å². The highest BCUT2D eigenvalue weighted by Gasteiger charge is 2.04. The van der Waals surface area contributed by atoms with Gasteiger partial charge in [0.2, 0.25) is 0 Å². The zero-order valence-electron chi connectivity index (χ0n) is 10.3. The van der Waals surface area contributed by atoms with Crippen LogP contribution >= 0.6 is 23.8 Å². The largest absolute Gasteiger partial charge is 0.506 e. The minimum Gasteiger partial charge on any atom is -0.506 e. The van der Waals surface area contributed by atoms with E-state index in [1.54, 1.807) is 12.1 Å². The number of phenols is 1. The molecule has 5 heteroatoms. The Morgan fingerprint density at radius 1 is 1.11 bits per heavy atom. The number of hydrogen-bond donors (Lipinski definition) is 3. The van der Waals surface area contributed by atoms with Crippen LogP contribution in [-0.4, -0.2) is 10.2 Å². The molecule has 2 aromatic rings. The SMILES string of the molecule is Cc1ccc(NC(=S)Nc2cc(Cl)ccc2O)cc1. The van der Waals surface area contributed by atoms with Gasteiger partial charge in [0.1, 0.15) is 5.75 Å². The Morgan fingerprint density at radius 2 is 1.79 bits per heavy atom. The highest BCUT2D eigenvalue weighted by molar-refractivity contribution is 7.80. The normalized spacial score (nSPS) is 10.0. The number of aromatic hydroxyl groups is 1. The maximum atomic E-state index is 9.68. The first-order chi connectivity index (χ1) is 9.04. The van der Waals surface area contributed by atoms with Crippen molar-refractivity contribution in [3.05, 3.63) is 53.1 Å². The molecule has 98 valence electrons. The summed E-state index contributed by atoms with van der Waals surface area (Å²) in [5.74, 6) is 0.0949. The fraction of sp³-hybridized carbons (Fsp3) is 0.0714. The van der Waals surface area contributed by atoms with E-state index in [1.807, 2.05) is 31.2 Å². The maximum absolute atomic E-state index is 9.68. The quantitative estimate of drug-likeness (QED) is 0.574. The molecule has 0 aliphatic carbocycles. The third-order valence-electron chi connectivity index (χ3n) is 2.52. The van der Waals surface area contributed by atoms with Crippen molar-refractivity contribution in [2.75, 3.05) is 10.6 Å². The highest BCUT2D eigenvalue weighted by atomic mass is 35.5. The first-order valence-electron chi connectivity index (χ1n) is 5.68. The Balaban J connectivity index is 2.05. The number of halogens is 1. The molecular weight excluding hydrogens is 280 g/mol. The summed E-state index contributed by atoms with van der Waals surface area (Å²) >= 11 is 11.0. The Kier molecular flexibility index (Phi) is 4.24.